The Bertz CT molecular complexity index is 525. The van der Waals surface area contributed by atoms with Crippen molar-refractivity contribution >= 4 is 18.0 Å². The van der Waals surface area contributed by atoms with E-state index in [4.69, 9.17) is 32.0 Å². The van der Waals surface area contributed by atoms with Crippen molar-refractivity contribution < 1.29 is 19.5 Å². The Morgan fingerprint density at radius 3 is 2.75 bits per heavy atom. The number of nitrogens with two attached hydrogens (primary N) is 1. The number of amides is 1. The van der Waals surface area contributed by atoms with Gasteiger partial charge in [-0.25, -0.2) is 0 Å². The fourth-order valence-electron chi connectivity index (χ4n) is 1.64. The number of aliphatic hydroxyl groups excluding tert-OH is 1. The van der Waals surface area contributed by atoms with Gasteiger partial charge in [-0.3, -0.25) is 9.63 Å². The van der Waals surface area contributed by atoms with Crippen molar-refractivity contribution in [3.63, 3.8) is 0 Å². The number of hydrogen-bond acceptors (Lipinski definition) is 7. The van der Waals surface area contributed by atoms with E-state index in [2.05, 4.69) is 10.8 Å². The maximum Gasteiger partial charge on any atom is 0.215 e. The number of aliphatic hydroxyl groups is 1. The lowest BCUT2D eigenvalue weighted by atomic mass is 10.2. The second kappa shape index (κ2) is 11.7. The van der Waals surface area contributed by atoms with Gasteiger partial charge in [0.05, 0.1) is 18.9 Å². The molecule has 0 aliphatic carbocycles. The predicted octanol–water partition coefficient (Wildman–Crippen LogP) is 0.133. The molecule has 134 valence electrons. The van der Waals surface area contributed by atoms with Crippen LogP contribution >= 0.6 is 11.6 Å². The first kappa shape index (κ1) is 20.2. The number of benzene rings is 1. The Balaban J connectivity index is 2.58. The standard InChI is InChI=1S/C15H23ClN4O4/c1-20(11-22)15(17)14(9-24-19-10-23-7-6-21)18-8-12-2-4-13(16)5-3-12/h2-5,11,18-19,21H,6-10,17H2,1H3/b15-14+. The minimum absolute atomic E-state index is 0.0629. The zero-order chi connectivity index (χ0) is 17.8. The van der Waals surface area contributed by atoms with Crippen LogP contribution in [-0.2, 0) is 20.9 Å². The van der Waals surface area contributed by atoms with Crippen LogP contribution in [-0.4, -0.2) is 50.0 Å². The molecule has 0 saturated carbocycles. The van der Waals surface area contributed by atoms with Gasteiger partial charge in [0.25, 0.3) is 0 Å². The minimum atomic E-state index is -0.0629. The normalized spacial score (nSPS) is 11.8. The second-order valence-corrected chi connectivity index (χ2v) is 5.21. The average molecular weight is 359 g/mol. The number of nitrogens with one attached hydrogen (secondary N) is 2. The number of hydrogen-bond donors (Lipinski definition) is 4. The largest absolute Gasteiger partial charge is 0.394 e. The molecule has 1 amide bonds. The van der Waals surface area contributed by atoms with Crippen LogP contribution in [0, 0.1) is 0 Å². The Kier molecular flexibility index (Phi) is 9.81. The summed E-state index contributed by atoms with van der Waals surface area (Å²) in [7, 11) is 1.55. The van der Waals surface area contributed by atoms with Crippen LogP contribution in [0.5, 0.6) is 0 Å². The molecule has 0 aliphatic heterocycles. The predicted molar refractivity (Wildman–Crippen MR) is 90.3 cm³/mol. The monoisotopic (exact) mass is 358 g/mol. The molecule has 5 N–H and O–H groups in total. The van der Waals surface area contributed by atoms with E-state index in [9.17, 15) is 4.79 Å². The number of ether oxygens (including phenoxy) is 1. The summed E-state index contributed by atoms with van der Waals surface area (Å²) in [4.78, 5) is 17.4. The summed E-state index contributed by atoms with van der Waals surface area (Å²) in [6.07, 6.45) is 0.608. The highest BCUT2D eigenvalue weighted by molar-refractivity contribution is 6.30. The minimum Gasteiger partial charge on any atom is -0.394 e. The van der Waals surface area contributed by atoms with Gasteiger partial charge in [-0.05, 0) is 17.7 Å². The van der Waals surface area contributed by atoms with Gasteiger partial charge in [-0.15, -0.1) is 0 Å². The van der Waals surface area contributed by atoms with Gasteiger partial charge in [0.1, 0.15) is 19.2 Å². The molecule has 0 unspecified atom stereocenters. The van der Waals surface area contributed by atoms with Crippen LogP contribution in [0.15, 0.2) is 35.8 Å². The number of halogens is 1. The summed E-state index contributed by atoms with van der Waals surface area (Å²) in [6.45, 7) is 0.856. The Labute approximate surface area is 146 Å². The summed E-state index contributed by atoms with van der Waals surface area (Å²) in [5.74, 6) is 0.247. The zero-order valence-electron chi connectivity index (χ0n) is 13.5. The molecule has 0 bridgehead atoms. The fourth-order valence-corrected chi connectivity index (χ4v) is 1.77. The molecule has 0 aliphatic rings. The lowest BCUT2D eigenvalue weighted by Crippen LogP contribution is -2.32. The van der Waals surface area contributed by atoms with Crippen LogP contribution < -0.4 is 16.5 Å². The summed E-state index contributed by atoms with van der Waals surface area (Å²) >= 11 is 5.85. The summed E-state index contributed by atoms with van der Waals surface area (Å²) in [5, 5.41) is 12.4. The van der Waals surface area contributed by atoms with Gasteiger partial charge in [0.2, 0.25) is 6.41 Å². The van der Waals surface area contributed by atoms with Crippen molar-refractivity contribution in [3.8, 4) is 0 Å². The van der Waals surface area contributed by atoms with Crippen molar-refractivity contribution in [2.75, 3.05) is 33.6 Å². The van der Waals surface area contributed by atoms with Crippen LogP contribution in [0.2, 0.25) is 5.02 Å². The number of carbonyl (C=O) groups is 1. The Morgan fingerprint density at radius 1 is 1.42 bits per heavy atom. The van der Waals surface area contributed by atoms with Gasteiger partial charge in [0.15, 0.2) is 0 Å². The molecule has 1 aromatic rings. The molecule has 0 aromatic heterocycles. The molecule has 1 rings (SSSR count). The molecule has 8 nitrogen and oxygen atoms in total. The van der Waals surface area contributed by atoms with E-state index < -0.39 is 0 Å². The van der Waals surface area contributed by atoms with Crippen LogP contribution in [0.4, 0.5) is 0 Å². The van der Waals surface area contributed by atoms with Gasteiger partial charge >= 0.3 is 0 Å². The van der Waals surface area contributed by atoms with E-state index in [1.54, 1.807) is 19.2 Å². The van der Waals surface area contributed by atoms with Gasteiger partial charge < -0.3 is 25.8 Å². The third kappa shape index (κ3) is 7.62. The van der Waals surface area contributed by atoms with E-state index in [1.807, 2.05) is 12.1 Å². The number of carbonyl (C=O) groups excluding carboxylic acids is 1. The third-order valence-electron chi connectivity index (χ3n) is 2.98. The Hall–Kier alpha value is -1.84. The molecule has 0 atom stereocenters. The van der Waals surface area contributed by atoms with Crippen LogP contribution in [0.25, 0.3) is 0 Å². The van der Waals surface area contributed by atoms with E-state index in [0.29, 0.717) is 23.7 Å². The average Bonchev–Trinajstić information content (AvgIpc) is 2.60. The highest BCUT2D eigenvalue weighted by Crippen LogP contribution is 2.10. The van der Waals surface area contributed by atoms with Gasteiger partial charge in [0, 0.05) is 18.6 Å². The van der Waals surface area contributed by atoms with E-state index in [-0.39, 0.29) is 32.4 Å². The first-order chi connectivity index (χ1) is 11.6. The molecule has 9 heteroatoms. The molecule has 0 saturated heterocycles. The molecule has 0 fully saturated rings. The SMILES string of the molecule is CN(C=O)/C(N)=C(\CONCOCCO)NCc1ccc(Cl)cc1. The van der Waals surface area contributed by atoms with Crippen LogP contribution in [0.1, 0.15) is 5.56 Å². The topological polar surface area (TPSA) is 109 Å². The molecular formula is C15H23ClN4O4. The van der Waals surface area contributed by atoms with Crippen molar-refractivity contribution in [2.45, 2.75) is 6.54 Å². The fraction of sp³-hybridized carbons (Fsp3) is 0.400. The number of hydroxylamine groups is 1. The van der Waals surface area contributed by atoms with E-state index in [0.717, 1.165) is 5.56 Å². The first-order valence-electron chi connectivity index (χ1n) is 7.26. The summed E-state index contributed by atoms with van der Waals surface area (Å²) in [6, 6.07) is 7.35. The molecule has 0 radical (unpaired) electrons. The molecule has 1 aromatic carbocycles. The lowest BCUT2D eigenvalue weighted by Gasteiger charge is -2.19. The second-order valence-electron chi connectivity index (χ2n) is 4.77. The quantitative estimate of drug-likeness (QED) is 0.182. The Morgan fingerprint density at radius 2 is 2.12 bits per heavy atom. The maximum absolute atomic E-state index is 10.9. The van der Waals surface area contributed by atoms with Gasteiger partial charge in [-0.1, -0.05) is 23.7 Å². The highest BCUT2D eigenvalue weighted by atomic mass is 35.5. The molecule has 24 heavy (non-hydrogen) atoms. The van der Waals surface area contributed by atoms with E-state index in [1.165, 1.54) is 4.90 Å². The van der Waals surface area contributed by atoms with Crippen molar-refractivity contribution in [3.05, 3.63) is 46.4 Å². The zero-order valence-corrected chi connectivity index (χ0v) is 14.3. The smallest absolute Gasteiger partial charge is 0.215 e. The number of rotatable bonds is 12. The molecule has 0 heterocycles. The maximum atomic E-state index is 10.9. The number of nitrogens with zero attached hydrogens (tertiary/aromatic N) is 1. The van der Waals surface area contributed by atoms with Crippen molar-refractivity contribution in [1.29, 1.82) is 0 Å². The summed E-state index contributed by atoms with van der Waals surface area (Å²) < 4.78 is 5.00. The van der Waals surface area contributed by atoms with Gasteiger partial charge in [-0.2, -0.15) is 5.48 Å². The third-order valence-corrected chi connectivity index (χ3v) is 3.23. The molecular weight excluding hydrogens is 336 g/mol. The lowest BCUT2D eigenvalue weighted by molar-refractivity contribution is -0.115. The van der Waals surface area contributed by atoms with E-state index >= 15 is 0 Å². The first-order valence-corrected chi connectivity index (χ1v) is 7.64. The van der Waals surface area contributed by atoms with Crippen molar-refractivity contribution in [1.82, 2.24) is 15.7 Å². The summed E-state index contributed by atoms with van der Waals surface area (Å²) in [5.41, 5.74) is 10.1. The van der Waals surface area contributed by atoms with Crippen molar-refractivity contribution in [2.24, 2.45) is 5.73 Å². The highest BCUT2D eigenvalue weighted by Gasteiger charge is 2.08. The molecule has 0 spiro atoms. The van der Waals surface area contributed by atoms with Crippen LogP contribution in [0.3, 0.4) is 0 Å².